The predicted molar refractivity (Wildman–Crippen MR) is 80.0 cm³/mol. The molecule has 2 aromatic carbocycles. The molecule has 140 valence electrons. The molecule has 0 heterocycles. The van der Waals surface area contributed by atoms with E-state index >= 15 is 0 Å². The van der Waals surface area contributed by atoms with Gasteiger partial charge in [0.25, 0.3) is 6.10 Å². The van der Waals surface area contributed by atoms with Crippen molar-refractivity contribution in [3.63, 3.8) is 0 Å². The highest BCUT2D eigenvalue weighted by Crippen LogP contribution is 2.36. The number of benzene rings is 2. The van der Waals surface area contributed by atoms with Crippen LogP contribution >= 0.6 is 0 Å². The molecule has 0 aliphatic heterocycles. The Morgan fingerprint density at radius 1 is 0.962 bits per heavy atom. The molecule has 0 spiro atoms. The number of halogens is 6. The molecule has 2 rings (SSSR count). The lowest BCUT2D eigenvalue weighted by molar-refractivity contribution is -0.312. The Morgan fingerprint density at radius 2 is 1.50 bits per heavy atom. The molecule has 26 heavy (non-hydrogen) atoms. The SMILES string of the molecule is C=C(C(=O)OC(C(F)(F)F)C(F)(F)F)C(O)c1ccc2ccccc2c1. The van der Waals surface area contributed by atoms with E-state index in [0.717, 1.165) is 5.39 Å². The molecular formula is C17H12F6O3. The highest BCUT2D eigenvalue weighted by atomic mass is 19.4. The molecule has 1 atom stereocenters. The molecule has 0 bridgehead atoms. The zero-order valence-corrected chi connectivity index (χ0v) is 12.9. The number of hydrogen-bond donors (Lipinski definition) is 1. The van der Waals surface area contributed by atoms with Crippen LogP contribution < -0.4 is 0 Å². The third-order valence-corrected chi connectivity index (χ3v) is 3.50. The standard InChI is InChI=1S/C17H12F6O3/c1-9(14(25)26-15(16(18,19)20)17(21,22)23)13(24)12-7-6-10-4-2-3-5-11(10)8-12/h2-8,13,15,24H,1H2. The van der Waals surface area contributed by atoms with Crippen LogP contribution in [-0.4, -0.2) is 29.5 Å². The fourth-order valence-corrected chi connectivity index (χ4v) is 2.19. The van der Waals surface area contributed by atoms with Gasteiger partial charge in [0.05, 0.1) is 5.57 Å². The first-order valence-electron chi connectivity index (χ1n) is 7.11. The van der Waals surface area contributed by atoms with Crippen LogP contribution in [0.1, 0.15) is 11.7 Å². The Kier molecular flexibility index (Phi) is 5.31. The van der Waals surface area contributed by atoms with E-state index in [4.69, 9.17) is 0 Å². The van der Waals surface area contributed by atoms with Crippen LogP contribution in [0.2, 0.25) is 0 Å². The Bertz CT molecular complexity index is 811. The van der Waals surface area contributed by atoms with Gasteiger partial charge in [0.2, 0.25) is 0 Å². The average molecular weight is 378 g/mol. The summed E-state index contributed by atoms with van der Waals surface area (Å²) < 4.78 is 78.2. The number of carbonyl (C=O) groups excluding carboxylic acids is 1. The largest absolute Gasteiger partial charge is 0.439 e. The summed E-state index contributed by atoms with van der Waals surface area (Å²) >= 11 is 0. The first-order chi connectivity index (χ1) is 11.9. The topological polar surface area (TPSA) is 46.5 Å². The Morgan fingerprint density at radius 3 is 2.04 bits per heavy atom. The molecule has 0 saturated carbocycles. The third-order valence-electron chi connectivity index (χ3n) is 3.50. The van der Waals surface area contributed by atoms with E-state index < -0.39 is 36.1 Å². The molecule has 0 radical (unpaired) electrons. The van der Waals surface area contributed by atoms with Crippen molar-refractivity contribution in [3.8, 4) is 0 Å². The summed E-state index contributed by atoms with van der Waals surface area (Å²) in [5, 5.41) is 11.5. The normalized spacial score (nSPS) is 13.7. The number of ether oxygens (including phenoxy) is 1. The van der Waals surface area contributed by atoms with Gasteiger partial charge in [-0.2, -0.15) is 26.3 Å². The van der Waals surface area contributed by atoms with Crippen LogP contribution in [0.5, 0.6) is 0 Å². The maximum Gasteiger partial charge on any atom is 0.434 e. The van der Waals surface area contributed by atoms with Gasteiger partial charge < -0.3 is 9.84 Å². The van der Waals surface area contributed by atoms with Gasteiger partial charge in [-0.05, 0) is 22.4 Å². The van der Waals surface area contributed by atoms with Crippen LogP contribution in [0.25, 0.3) is 10.8 Å². The molecule has 1 unspecified atom stereocenters. The molecule has 9 heteroatoms. The predicted octanol–water partition coefficient (Wildman–Crippen LogP) is 4.47. The maximum absolute atomic E-state index is 12.4. The molecule has 0 aliphatic rings. The Hall–Kier alpha value is -2.55. The molecule has 1 N–H and O–H groups in total. The van der Waals surface area contributed by atoms with Gasteiger partial charge in [-0.1, -0.05) is 43.0 Å². The molecule has 0 amide bonds. The fourth-order valence-electron chi connectivity index (χ4n) is 2.19. The van der Waals surface area contributed by atoms with Crippen molar-refractivity contribution in [2.24, 2.45) is 0 Å². The number of carbonyl (C=O) groups is 1. The van der Waals surface area contributed by atoms with Crippen molar-refractivity contribution < 1.29 is 41.0 Å². The first-order valence-corrected chi connectivity index (χ1v) is 7.11. The highest BCUT2D eigenvalue weighted by molar-refractivity contribution is 5.90. The Balaban J connectivity index is 2.21. The number of aliphatic hydroxyl groups excluding tert-OH is 1. The van der Waals surface area contributed by atoms with Gasteiger partial charge in [0.15, 0.2) is 0 Å². The van der Waals surface area contributed by atoms with Gasteiger partial charge in [0, 0.05) is 0 Å². The summed E-state index contributed by atoms with van der Waals surface area (Å²) in [5.74, 6) is -2.00. The van der Waals surface area contributed by atoms with Gasteiger partial charge >= 0.3 is 18.3 Å². The number of alkyl halides is 6. The summed E-state index contributed by atoms with van der Waals surface area (Å²) in [6, 6.07) is 11.3. The summed E-state index contributed by atoms with van der Waals surface area (Å²) in [4.78, 5) is 11.6. The molecule has 0 saturated heterocycles. The van der Waals surface area contributed by atoms with Crippen LogP contribution in [0.15, 0.2) is 54.6 Å². The first kappa shape index (κ1) is 19.8. The summed E-state index contributed by atoms with van der Waals surface area (Å²) in [5.41, 5.74) is -0.875. The van der Waals surface area contributed by atoms with Crippen LogP contribution in [-0.2, 0) is 9.53 Å². The monoisotopic (exact) mass is 378 g/mol. The average Bonchev–Trinajstić information content (AvgIpc) is 2.55. The number of hydrogen-bond acceptors (Lipinski definition) is 3. The summed E-state index contributed by atoms with van der Waals surface area (Å²) in [6.45, 7) is 3.07. The van der Waals surface area contributed by atoms with Crippen molar-refractivity contribution in [1.82, 2.24) is 0 Å². The van der Waals surface area contributed by atoms with Crippen LogP contribution in [0, 0.1) is 0 Å². The summed E-state index contributed by atoms with van der Waals surface area (Å²) in [7, 11) is 0. The van der Waals surface area contributed by atoms with E-state index in [0.29, 0.717) is 5.39 Å². The number of fused-ring (bicyclic) bond motifs is 1. The van der Waals surface area contributed by atoms with E-state index in [-0.39, 0.29) is 5.56 Å². The minimum atomic E-state index is -5.85. The van der Waals surface area contributed by atoms with E-state index in [2.05, 4.69) is 11.3 Å². The molecule has 0 fully saturated rings. The highest BCUT2D eigenvalue weighted by Gasteiger charge is 2.60. The summed E-state index contributed by atoms with van der Waals surface area (Å²) in [6.07, 6.45) is -17.8. The second-order valence-electron chi connectivity index (χ2n) is 5.40. The quantitative estimate of drug-likeness (QED) is 0.485. The van der Waals surface area contributed by atoms with E-state index in [1.54, 1.807) is 30.3 Å². The van der Waals surface area contributed by atoms with Crippen molar-refractivity contribution in [2.45, 2.75) is 24.6 Å². The van der Waals surface area contributed by atoms with Gasteiger partial charge in [0.1, 0.15) is 6.10 Å². The van der Waals surface area contributed by atoms with Crippen molar-refractivity contribution in [2.75, 3.05) is 0 Å². The van der Waals surface area contributed by atoms with Crippen molar-refractivity contribution in [1.29, 1.82) is 0 Å². The second kappa shape index (κ2) is 6.99. The van der Waals surface area contributed by atoms with E-state index in [1.807, 2.05) is 0 Å². The third kappa shape index (κ3) is 4.34. The zero-order valence-electron chi connectivity index (χ0n) is 12.9. The molecule has 0 aromatic heterocycles. The molecule has 3 nitrogen and oxygen atoms in total. The molecule has 2 aromatic rings. The number of esters is 1. The minimum absolute atomic E-state index is 0.0706. The van der Waals surface area contributed by atoms with E-state index in [9.17, 15) is 36.2 Å². The number of aliphatic hydroxyl groups is 1. The minimum Gasteiger partial charge on any atom is -0.439 e. The lowest BCUT2D eigenvalue weighted by atomic mass is 9.99. The second-order valence-corrected chi connectivity index (χ2v) is 5.40. The number of rotatable bonds is 4. The van der Waals surface area contributed by atoms with Gasteiger partial charge in [-0.15, -0.1) is 0 Å². The molecule has 0 aliphatic carbocycles. The Labute approximate surface area is 143 Å². The molecular weight excluding hydrogens is 366 g/mol. The smallest absolute Gasteiger partial charge is 0.434 e. The van der Waals surface area contributed by atoms with Gasteiger partial charge in [-0.3, -0.25) is 0 Å². The maximum atomic E-state index is 12.4. The lowest BCUT2D eigenvalue weighted by Crippen LogP contribution is -2.45. The van der Waals surface area contributed by atoms with Gasteiger partial charge in [-0.25, -0.2) is 4.79 Å². The van der Waals surface area contributed by atoms with E-state index in [1.165, 1.54) is 12.1 Å². The van der Waals surface area contributed by atoms with Crippen LogP contribution in [0.3, 0.4) is 0 Å². The van der Waals surface area contributed by atoms with Crippen molar-refractivity contribution in [3.05, 3.63) is 60.2 Å². The fraction of sp³-hybridized carbons (Fsp3) is 0.235. The lowest BCUT2D eigenvalue weighted by Gasteiger charge is -2.24. The van der Waals surface area contributed by atoms with Crippen molar-refractivity contribution >= 4 is 16.7 Å². The van der Waals surface area contributed by atoms with Crippen LogP contribution in [0.4, 0.5) is 26.3 Å². The zero-order chi connectivity index (χ0) is 19.7.